The van der Waals surface area contributed by atoms with Crippen molar-refractivity contribution in [1.29, 1.82) is 0 Å². The molecule has 0 aliphatic carbocycles. The van der Waals surface area contributed by atoms with E-state index in [0.29, 0.717) is 31.6 Å². The van der Waals surface area contributed by atoms with Gasteiger partial charge in [-0.2, -0.15) is 0 Å². The van der Waals surface area contributed by atoms with Gasteiger partial charge in [-0.25, -0.2) is 9.13 Å². The number of unbranched alkanes of at least 4 members (excludes halogenated alkanes) is 34. The van der Waals surface area contributed by atoms with Crippen LogP contribution in [0.15, 0.2) is 0 Å². The minimum atomic E-state index is -4.95. The van der Waals surface area contributed by atoms with Gasteiger partial charge < -0.3 is 33.8 Å². The maximum absolute atomic E-state index is 13.0. The molecule has 19 heteroatoms. The van der Waals surface area contributed by atoms with E-state index in [0.717, 1.165) is 120 Å². The van der Waals surface area contributed by atoms with Crippen LogP contribution in [-0.4, -0.2) is 96.7 Å². The van der Waals surface area contributed by atoms with Crippen molar-refractivity contribution < 1.29 is 80.2 Å². The third kappa shape index (κ3) is 64.1. The van der Waals surface area contributed by atoms with Gasteiger partial charge in [0.05, 0.1) is 26.4 Å². The number of phosphoric ester groups is 2. The fraction of sp³-hybridized carbons (Fsp3) is 0.945. The lowest BCUT2D eigenvalue weighted by atomic mass is 9.99. The van der Waals surface area contributed by atoms with Crippen LogP contribution in [0.5, 0.6) is 0 Å². The summed E-state index contributed by atoms with van der Waals surface area (Å²) in [4.78, 5) is 72.6. The summed E-state index contributed by atoms with van der Waals surface area (Å²) in [5.41, 5.74) is 0. The third-order valence-electron chi connectivity index (χ3n) is 17.5. The maximum atomic E-state index is 13.0. The number of aliphatic hydroxyl groups excluding tert-OH is 1. The van der Waals surface area contributed by atoms with Gasteiger partial charge in [0.15, 0.2) is 12.2 Å². The van der Waals surface area contributed by atoms with E-state index in [1.54, 1.807) is 0 Å². The Kier molecular flexibility index (Phi) is 61.3. The molecule has 7 atom stereocenters. The summed E-state index contributed by atoms with van der Waals surface area (Å²) in [5, 5.41) is 10.6. The highest BCUT2D eigenvalue weighted by Crippen LogP contribution is 2.45. The first-order chi connectivity index (χ1) is 44.2. The van der Waals surface area contributed by atoms with E-state index < -0.39 is 97.5 Å². The first-order valence-corrected chi connectivity index (χ1v) is 40.8. The van der Waals surface area contributed by atoms with E-state index >= 15 is 0 Å². The molecule has 0 aromatic carbocycles. The Balaban J connectivity index is 5.23. The summed E-state index contributed by atoms with van der Waals surface area (Å²) in [6.07, 6.45) is 45.9. The summed E-state index contributed by atoms with van der Waals surface area (Å²) in [7, 11) is -9.91. The summed E-state index contributed by atoms with van der Waals surface area (Å²) in [6, 6.07) is 0. The summed E-state index contributed by atoms with van der Waals surface area (Å²) >= 11 is 0. The van der Waals surface area contributed by atoms with E-state index in [2.05, 4.69) is 55.4 Å². The molecule has 0 fully saturated rings. The van der Waals surface area contributed by atoms with Crippen LogP contribution in [0.2, 0.25) is 0 Å². The van der Waals surface area contributed by atoms with E-state index in [1.807, 2.05) is 0 Å². The van der Waals surface area contributed by atoms with Crippen molar-refractivity contribution in [2.24, 2.45) is 23.7 Å². The van der Waals surface area contributed by atoms with Crippen molar-refractivity contribution in [1.82, 2.24) is 0 Å². The number of phosphoric acid groups is 2. The average Bonchev–Trinajstić information content (AvgIpc) is 1.55. The molecular formula is C73H142O17P2. The molecule has 17 nitrogen and oxygen atoms in total. The van der Waals surface area contributed by atoms with Crippen LogP contribution in [0.3, 0.4) is 0 Å². The minimum absolute atomic E-state index is 0.105. The van der Waals surface area contributed by atoms with Crippen molar-refractivity contribution in [3.8, 4) is 0 Å². The largest absolute Gasteiger partial charge is 0.472 e. The molecule has 0 rings (SSSR count). The second kappa shape index (κ2) is 62.6. The summed E-state index contributed by atoms with van der Waals surface area (Å²) in [5.74, 6) is 0.920. The van der Waals surface area contributed by atoms with Gasteiger partial charge in [0, 0.05) is 25.7 Å². The molecule has 5 unspecified atom stereocenters. The Morgan fingerprint density at radius 3 is 0.772 bits per heavy atom. The highest BCUT2D eigenvalue weighted by Gasteiger charge is 2.30. The molecule has 0 bridgehead atoms. The van der Waals surface area contributed by atoms with Crippen molar-refractivity contribution in [2.45, 2.75) is 382 Å². The molecule has 0 radical (unpaired) electrons. The minimum Gasteiger partial charge on any atom is -0.462 e. The average molecular weight is 1350 g/mol. The molecule has 3 N–H and O–H groups in total. The van der Waals surface area contributed by atoms with Gasteiger partial charge in [0.1, 0.15) is 19.3 Å². The lowest BCUT2D eigenvalue weighted by molar-refractivity contribution is -0.161. The van der Waals surface area contributed by atoms with Gasteiger partial charge >= 0.3 is 39.5 Å². The van der Waals surface area contributed by atoms with E-state index in [1.165, 1.54) is 154 Å². The van der Waals surface area contributed by atoms with Gasteiger partial charge in [-0.1, -0.05) is 312 Å². The number of hydrogen-bond acceptors (Lipinski definition) is 15. The number of aliphatic hydroxyl groups is 1. The SMILES string of the molecule is CCC(C)CCCCCCCCCCCCCCCCC(=O)O[C@H](COC(=O)CCCCCCCCC(C)CC)COP(=O)(O)OCC(O)COP(=O)(O)OC[C@@H](COC(=O)CCCCCCCCCC(C)C)OC(=O)CCCCCCCCCCCCCC(C)C. The van der Waals surface area contributed by atoms with Gasteiger partial charge in [-0.3, -0.25) is 37.3 Å². The van der Waals surface area contributed by atoms with Crippen LogP contribution < -0.4 is 0 Å². The number of carbonyl (C=O) groups excluding carboxylic acids is 4. The number of ether oxygens (including phenoxy) is 4. The molecule has 0 saturated carbocycles. The zero-order valence-corrected chi connectivity index (χ0v) is 62.0. The Morgan fingerprint density at radius 2 is 0.522 bits per heavy atom. The molecule has 0 heterocycles. The van der Waals surface area contributed by atoms with Gasteiger partial charge in [-0.05, 0) is 49.4 Å². The normalized spacial score (nSPS) is 14.8. The highest BCUT2D eigenvalue weighted by molar-refractivity contribution is 7.47. The molecular weight excluding hydrogens is 1210 g/mol. The van der Waals surface area contributed by atoms with Crippen molar-refractivity contribution in [3.63, 3.8) is 0 Å². The Morgan fingerprint density at radius 1 is 0.304 bits per heavy atom. The van der Waals surface area contributed by atoms with Gasteiger partial charge in [0.2, 0.25) is 0 Å². The van der Waals surface area contributed by atoms with Gasteiger partial charge in [0.25, 0.3) is 0 Å². The Bertz CT molecular complexity index is 1820. The Labute approximate surface area is 562 Å². The number of esters is 4. The smallest absolute Gasteiger partial charge is 0.462 e. The van der Waals surface area contributed by atoms with Crippen molar-refractivity contribution in [3.05, 3.63) is 0 Å². The standard InChI is InChI=1S/C73H142O17P2/c1-9-65(7)51-43-35-27-21-17-13-11-12-14-18-22-28-39-47-55-72(77)90-69(60-84-71(76)54-46-38-32-31-36-44-52-66(8)10-2)62-88-92(81,82)86-58-67(74)57-85-91(79,80)87-61-68(59-83-70(75)53-45-37-30-24-26-34-42-50-64(5)6)89-73(78)56-48-40-29-23-19-15-16-20-25-33-41-49-63(3)4/h63-69,74H,9-62H2,1-8H3,(H,79,80)(H,81,82)/t65?,66?,67?,68-,69-/m1/s1. The second-order valence-corrected chi connectivity index (χ2v) is 30.7. The fourth-order valence-corrected chi connectivity index (χ4v) is 12.5. The van der Waals surface area contributed by atoms with Crippen LogP contribution >= 0.6 is 15.6 Å². The fourth-order valence-electron chi connectivity index (χ4n) is 11.0. The van der Waals surface area contributed by atoms with E-state index in [9.17, 15) is 43.2 Å². The van der Waals surface area contributed by atoms with Crippen molar-refractivity contribution in [2.75, 3.05) is 39.6 Å². The molecule has 92 heavy (non-hydrogen) atoms. The van der Waals surface area contributed by atoms with Crippen LogP contribution in [0.1, 0.15) is 364 Å². The monoisotopic (exact) mass is 1350 g/mol. The molecule has 0 aliphatic rings. The first-order valence-electron chi connectivity index (χ1n) is 37.8. The lowest BCUT2D eigenvalue weighted by Crippen LogP contribution is -2.30. The van der Waals surface area contributed by atoms with E-state index in [-0.39, 0.29) is 25.7 Å². The van der Waals surface area contributed by atoms with Crippen LogP contribution in [-0.2, 0) is 65.4 Å². The predicted octanol–water partition coefficient (Wildman–Crippen LogP) is 20.9. The summed E-state index contributed by atoms with van der Waals surface area (Å²) < 4.78 is 68.4. The molecule has 0 aromatic rings. The highest BCUT2D eigenvalue weighted by atomic mass is 31.2. The molecule has 0 spiro atoms. The van der Waals surface area contributed by atoms with Crippen LogP contribution in [0.4, 0.5) is 0 Å². The number of rotatable bonds is 70. The zero-order chi connectivity index (χ0) is 68.2. The number of hydrogen-bond donors (Lipinski definition) is 3. The van der Waals surface area contributed by atoms with Crippen molar-refractivity contribution >= 4 is 39.5 Å². The summed E-state index contributed by atoms with van der Waals surface area (Å²) in [6.45, 7) is 14.1. The molecule has 0 amide bonds. The van der Waals surface area contributed by atoms with Gasteiger partial charge in [-0.15, -0.1) is 0 Å². The molecule has 0 saturated heterocycles. The predicted molar refractivity (Wildman–Crippen MR) is 372 cm³/mol. The first kappa shape index (κ1) is 90.1. The third-order valence-corrected chi connectivity index (χ3v) is 19.4. The topological polar surface area (TPSA) is 237 Å². The number of carbonyl (C=O) groups is 4. The molecule has 546 valence electrons. The second-order valence-electron chi connectivity index (χ2n) is 27.8. The quantitative estimate of drug-likeness (QED) is 0.0222. The lowest BCUT2D eigenvalue weighted by Gasteiger charge is -2.21. The van der Waals surface area contributed by atoms with E-state index in [4.69, 9.17) is 37.0 Å². The Hall–Kier alpha value is -1.94. The maximum Gasteiger partial charge on any atom is 0.472 e. The zero-order valence-electron chi connectivity index (χ0n) is 60.2. The molecule has 0 aromatic heterocycles. The molecule has 0 aliphatic heterocycles. The van der Waals surface area contributed by atoms with Crippen LogP contribution in [0, 0.1) is 23.7 Å². The van der Waals surface area contributed by atoms with Crippen LogP contribution in [0.25, 0.3) is 0 Å².